The van der Waals surface area contributed by atoms with Crippen molar-refractivity contribution in [2.24, 2.45) is 0 Å². The van der Waals surface area contributed by atoms with E-state index in [1.54, 1.807) is 43.3 Å². The van der Waals surface area contributed by atoms with Gasteiger partial charge in [0.1, 0.15) is 17.3 Å². The van der Waals surface area contributed by atoms with Crippen LogP contribution in [-0.4, -0.2) is 38.8 Å². The average Bonchev–Trinajstić information content (AvgIpc) is 3.07. The quantitative estimate of drug-likeness (QED) is 0.662. The molecule has 1 fully saturated rings. The van der Waals surface area contributed by atoms with Gasteiger partial charge in [-0.3, -0.25) is 9.78 Å². The molecule has 1 atom stereocenters. The third-order valence-corrected chi connectivity index (χ3v) is 4.91. The molecule has 4 rings (SSSR count). The Hall–Kier alpha value is -3.29. The van der Waals surface area contributed by atoms with Crippen molar-refractivity contribution in [3.63, 3.8) is 0 Å². The third kappa shape index (κ3) is 4.11. The Balaban J connectivity index is 1.55. The molecule has 0 saturated carbocycles. The number of hydrogen-bond donors (Lipinski definition) is 0. The number of likely N-dealkylation sites (tertiary alicyclic amines) is 1. The molecule has 8 heteroatoms. The van der Waals surface area contributed by atoms with E-state index in [9.17, 15) is 9.18 Å². The fraction of sp³-hybridized carbons (Fsp3) is 0.333. The smallest absolute Gasteiger partial charge is 0.291 e. The molecule has 1 aromatic carbocycles. The maximum absolute atomic E-state index is 13.2. The molecule has 2 aromatic heterocycles. The molecule has 1 saturated heterocycles. The number of ether oxygens (including phenoxy) is 1. The zero-order valence-corrected chi connectivity index (χ0v) is 16.3. The fourth-order valence-corrected chi connectivity index (χ4v) is 3.57. The lowest BCUT2D eigenvalue weighted by molar-refractivity contribution is 0.0670. The minimum atomic E-state index is -0.337. The van der Waals surface area contributed by atoms with E-state index in [2.05, 4.69) is 15.0 Å². The normalized spacial score (nSPS) is 16.7. The number of aryl methyl sites for hydroxylation is 2. The predicted molar refractivity (Wildman–Crippen MR) is 102 cm³/mol. The predicted octanol–water partition coefficient (Wildman–Crippen LogP) is 4.03. The van der Waals surface area contributed by atoms with Crippen molar-refractivity contribution < 1.29 is 18.3 Å². The highest BCUT2D eigenvalue weighted by Crippen LogP contribution is 2.33. The first-order valence-corrected chi connectivity index (χ1v) is 9.49. The van der Waals surface area contributed by atoms with Crippen LogP contribution < -0.4 is 4.74 Å². The zero-order chi connectivity index (χ0) is 20.4. The van der Waals surface area contributed by atoms with Gasteiger partial charge in [0.15, 0.2) is 5.89 Å². The Morgan fingerprint density at radius 1 is 1.21 bits per heavy atom. The minimum Gasteiger partial charge on any atom is -0.437 e. The molecule has 0 aliphatic carbocycles. The Kier molecular flexibility index (Phi) is 5.24. The highest BCUT2D eigenvalue weighted by molar-refractivity contribution is 5.92. The van der Waals surface area contributed by atoms with Crippen LogP contribution in [0, 0.1) is 19.7 Å². The van der Waals surface area contributed by atoms with Gasteiger partial charge < -0.3 is 14.1 Å². The first-order valence-electron chi connectivity index (χ1n) is 9.49. The lowest BCUT2D eigenvalue weighted by atomic mass is 9.94. The number of carbonyl (C=O) groups excluding carboxylic acids is 1. The monoisotopic (exact) mass is 396 g/mol. The summed E-state index contributed by atoms with van der Waals surface area (Å²) in [5.41, 5.74) is 1.27. The van der Waals surface area contributed by atoms with Crippen molar-refractivity contribution in [1.82, 2.24) is 19.9 Å². The summed E-state index contributed by atoms with van der Waals surface area (Å²) in [4.78, 5) is 27.6. The van der Waals surface area contributed by atoms with Crippen molar-refractivity contribution in [3.8, 4) is 11.6 Å². The Bertz CT molecular complexity index is 1020. The van der Waals surface area contributed by atoms with Gasteiger partial charge in [-0.1, -0.05) is 0 Å². The number of aromatic nitrogens is 3. The van der Waals surface area contributed by atoms with Crippen molar-refractivity contribution in [2.45, 2.75) is 32.6 Å². The molecule has 0 spiro atoms. The van der Waals surface area contributed by atoms with Crippen molar-refractivity contribution >= 4 is 5.91 Å². The summed E-state index contributed by atoms with van der Waals surface area (Å²) in [6.07, 6.45) is 4.85. The molecule has 1 unspecified atom stereocenters. The fourth-order valence-electron chi connectivity index (χ4n) is 3.57. The van der Waals surface area contributed by atoms with Crippen LogP contribution >= 0.6 is 0 Å². The molecule has 0 N–H and O–H groups in total. The number of benzene rings is 1. The lowest BCUT2D eigenvalue weighted by Crippen LogP contribution is -2.39. The average molecular weight is 396 g/mol. The van der Waals surface area contributed by atoms with Gasteiger partial charge in [0, 0.05) is 38.3 Å². The van der Waals surface area contributed by atoms with Gasteiger partial charge in [0.25, 0.3) is 5.91 Å². The van der Waals surface area contributed by atoms with E-state index in [0.717, 1.165) is 12.8 Å². The summed E-state index contributed by atoms with van der Waals surface area (Å²) in [5, 5.41) is 0. The van der Waals surface area contributed by atoms with E-state index >= 15 is 0 Å². The molecule has 1 amide bonds. The Morgan fingerprint density at radius 3 is 2.69 bits per heavy atom. The third-order valence-electron chi connectivity index (χ3n) is 4.91. The molecule has 1 aliphatic heterocycles. The Labute approximate surface area is 167 Å². The first-order chi connectivity index (χ1) is 14.0. The molecule has 0 radical (unpaired) electrons. The highest BCUT2D eigenvalue weighted by Gasteiger charge is 2.31. The largest absolute Gasteiger partial charge is 0.437 e. The van der Waals surface area contributed by atoms with Crippen LogP contribution in [0.1, 0.15) is 46.6 Å². The molecule has 3 aromatic rings. The van der Waals surface area contributed by atoms with E-state index in [4.69, 9.17) is 9.15 Å². The minimum absolute atomic E-state index is 0.0267. The second-order valence-electron chi connectivity index (χ2n) is 7.04. The number of halogens is 1. The molecule has 29 heavy (non-hydrogen) atoms. The van der Waals surface area contributed by atoms with Crippen LogP contribution in [0.5, 0.6) is 11.6 Å². The van der Waals surface area contributed by atoms with Gasteiger partial charge in [0.05, 0.1) is 5.69 Å². The van der Waals surface area contributed by atoms with Crippen molar-refractivity contribution in [3.05, 3.63) is 65.5 Å². The van der Waals surface area contributed by atoms with Crippen molar-refractivity contribution in [1.29, 1.82) is 0 Å². The van der Waals surface area contributed by atoms with Crippen LogP contribution in [-0.2, 0) is 0 Å². The van der Waals surface area contributed by atoms with Crippen LogP contribution in [0.2, 0.25) is 0 Å². The van der Waals surface area contributed by atoms with Crippen molar-refractivity contribution in [2.75, 3.05) is 13.1 Å². The number of amides is 1. The van der Waals surface area contributed by atoms with Crippen LogP contribution in [0.4, 0.5) is 4.39 Å². The lowest BCUT2D eigenvalue weighted by Gasteiger charge is -2.32. The number of nitrogens with zero attached hydrogens (tertiary/aromatic N) is 4. The maximum Gasteiger partial charge on any atom is 0.291 e. The molecule has 0 bridgehead atoms. The Morgan fingerprint density at radius 2 is 1.97 bits per heavy atom. The van der Waals surface area contributed by atoms with Gasteiger partial charge in [-0.2, -0.15) is 0 Å². The second kappa shape index (κ2) is 7.98. The SMILES string of the molecule is Cc1nc(C)c(C(=O)N2CCCC(c3nccnc3Oc3ccc(F)cc3)C2)o1. The first kappa shape index (κ1) is 19.0. The van der Waals surface area contributed by atoms with Crippen LogP contribution in [0.25, 0.3) is 0 Å². The number of piperidine rings is 1. The van der Waals surface area contributed by atoms with Gasteiger partial charge in [0.2, 0.25) is 11.6 Å². The molecular formula is C21H21FN4O3. The van der Waals surface area contributed by atoms with Gasteiger partial charge in [-0.05, 0) is 44.0 Å². The van der Waals surface area contributed by atoms with Crippen LogP contribution in [0.3, 0.4) is 0 Å². The summed E-state index contributed by atoms with van der Waals surface area (Å²) < 4.78 is 24.5. The van der Waals surface area contributed by atoms with E-state index in [-0.39, 0.29) is 23.4 Å². The molecule has 7 nitrogen and oxygen atoms in total. The second-order valence-corrected chi connectivity index (χ2v) is 7.04. The highest BCUT2D eigenvalue weighted by atomic mass is 19.1. The standard InChI is InChI=1S/C21H21FN4O3/c1-13-19(28-14(2)25-13)21(27)26-11-3-4-15(12-26)18-20(24-10-9-23-18)29-17-7-5-16(22)6-8-17/h5-10,15H,3-4,11-12H2,1-2H3. The van der Waals surface area contributed by atoms with E-state index in [1.807, 2.05) is 0 Å². The number of hydrogen-bond acceptors (Lipinski definition) is 6. The molecule has 3 heterocycles. The molecule has 1 aliphatic rings. The van der Waals surface area contributed by atoms with E-state index in [1.165, 1.54) is 12.1 Å². The zero-order valence-electron chi connectivity index (χ0n) is 16.3. The summed E-state index contributed by atoms with van der Waals surface area (Å²) in [5.74, 6) is 1.07. The molecule has 150 valence electrons. The summed E-state index contributed by atoms with van der Waals surface area (Å²) in [6, 6.07) is 5.74. The number of carbonyl (C=O) groups is 1. The summed E-state index contributed by atoms with van der Waals surface area (Å²) >= 11 is 0. The number of rotatable bonds is 4. The van der Waals surface area contributed by atoms with Gasteiger partial charge in [-0.25, -0.2) is 14.4 Å². The van der Waals surface area contributed by atoms with Crippen LogP contribution in [0.15, 0.2) is 41.1 Å². The molecular weight excluding hydrogens is 375 g/mol. The van der Waals surface area contributed by atoms with E-state index in [0.29, 0.717) is 42.0 Å². The maximum atomic E-state index is 13.2. The van der Waals surface area contributed by atoms with Gasteiger partial charge >= 0.3 is 0 Å². The van der Waals surface area contributed by atoms with Gasteiger partial charge in [-0.15, -0.1) is 0 Å². The summed E-state index contributed by atoms with van der Waals surface area (Å²) in [7, 11) is 0. The topological polar surface area (TPSA) is 81.4 Å². The van der Waals surface area contributed by atoms with E-state index < -0.39 is 0 Å². The summed E-state index contributed by atoms with van der Waals surface area (Å²) in [6.45, 7) is 4.61. The number of oxazole rings is 1.